The summed E-state index contributed by atoms with van der Waals surface area (Å²) in [6.45, 7) is 4.71. The van der Waals surface area contributed by atoms with E-state index in [1.165, 1.54) is 38.5 Å². The Morgan fingerprint density at radius 1 is 1.14 bits per heavy atom. The summed E-state index contributed by atoms with van der Waals surface area (Å²) in [7, 11) is 2.17. The van der Waals surface area contributed by atoms with Crippen LogP contribution in [0, 0.1) is 5.41 Å². The van der Waals surface area contributed by atoms with Crippen LogP contribution in [-0.2, 0) is 4.74 Å². The Labute approximate surface area is 129 Å². The molecule has 0 amide bonds. The molecule has 21 heavy (non-hydrogen) atoms. The largest absolute Gasteiger partial charge is 0.389 e. The maximum atomic E-state index is 10.6. The Morgan fingerprint density at radius 3 is 2.52 bits per heavy atom. The fourth-order valence-electron chi connectivity index (χ4n) is 4.20. The van der Waals surface area contributed by atoms with Crippen molar-refractivity contribution in [2.45, 2.75) is 63.0 Å². The van der Waals surface area contributed by atoms with Crippen LogP contribution in [0.15, 0.2) is 0 Å². The highest BCUT2D eigenvalue weighted by Crippen LogP contribution is 2.33. The van der Waals surface area contributed by atoms with Gasteiger partial charge in [-0.15, -0.1) is 0 Å². The van der Waals surface area contributed by atoms with Crippen LogP contribution < -0.4 is 5.32 Å². The highest BCUT2D eigenvalue weighted by Gasteiger charge is 2.38. The number of rotatable bonds is 7. The van der Waals surface area contributed by atoms with Crippen molar-refractivity contribution in [3.8, 4) is 0 Å². The van der Waals surface area contributed by atoms with E-state index in [1.807, 2.05) is 0 Å². The summed E-state index contributed by atoms with van der Waals surface area (Å²) in [5.74, 6) is 0. The molecule has 2 N–H and O–H groups in total. The molecule has 4 heteroatoms. The van der Waals surface area contributed by atoms with Crippen LogP contribution in [0.3, 0.4) is 0 Å². The van der Waals surface area contributed by atoms with E-state index < -0.39 is 5.60 Å². The number of likely N-dealkylation sites (N-methyl/N-ethyl adjacent to an activating group) is 1. The summed E-state index contributed by atoms with van der Waals surface area (Å²) in [4.78, 5) is 2.36. The average Bonchev–Trinajstić information content (AvgIpc) is 3.19. The van der Waals surface area contributed by atoms with Crippen molar-refractivity contribution in [1.29, 1.82) is 0 Å². The predicted molar refractivity (Wildman–Crippen MR) is 84.4 cm³/mol. The van der Waals surface area contributed by atoms with Gasteiger partial charge in [-0.2, -0.15) is 0 Å². The number of nitrogens with zero attached hydrogens (tertiary/aromatic N) is 1. The summed E-state index contributed by atoms with van der Waals surface area (Å²) >= 11 is 0. The van der Waals surface area contributed by atoms with Gasteiger partial charge in [0, 0.05) is 37.7 Å². The van der Waals surface area contributed by atoms with Gasteiger partial charge in [-0.25, -0.2) is 0 Å². The molecule has 0 radical (unpaired) electrons. The fraction of sp³-hybridized carbons (Fsp3) is 1.00. The van der Waals surface area contributed by atoms with Crippen molar-refractivity contribution in [2.24, 2.45) is 5.41 Å². The van der Waals surface area contributed by atoms with Gasteiger partial charge in [-0.3, -0.25) is 0 Å². The standard InChI is InChI=1S/C17H32N2O2/c1-19(13-17(20)8-2-3-9-17)12-16(7-4-10-21-14-16)11-18-15-5-6-15/h15,18,20H,2-14H2,1H3. The van der Waals surface area contributed by atoms with E-state index in [0.29, 0.717) is 0 Å². The average molecular weight is 296 g/mol. The first-order chi connectivity index (χ1) is 10.1. The van der Waals surface area contributed by atoms with Gasteiger partial charge in [-0.1, -0.05) is 12.8 Å². The Kier molecular flexibility index (Phi) is 4.89. The van der Waals surface area contributed by atoms with E-state index in [2.05, 4.69) is 17.3 Å². The lowest BCUT2D eigenvalue weighted by Crippen LogP contribution is -2.51. The zero-order chi connectivity index (χ0) is 14.8. The minimum atomic E-state index is -0.435. The monoisotopic (exact) mass is 296 g/mol. The van der Waals surface area contributed by atoms with Gasteiger partial charge >= 0.3 is 0 Å². The first-order valence-electron chi connectivity index (χ1n) is 8.81. The SMILES string of the molecule is CN(CC1(O)CCCC1)CC1(CNC2CC2)CCCOC1. The number of ether oxygens (including phenoxy) is 1. The van der Waals surface area contributed by atoms with E-state index in [1.54, 1.807) is 0 Å². The van der Waals surface area contributed by atoms with E-state index in [0.717, 1.165) is 51.7 Å². The lowest BCUT2D eigenvalue weighted by molar-refractivity contribution is -0.0410. The Hall–Kier alpha value is -0.160. The van der Waals surface area contributed by atoms with Crippen LogP contribution >= 0.6 is 0 Å². The summed E-state index contributed by atoms with van der Waals surface area (Å²) in [6.07, 6.45) is 9.41. The summed E-state index contributed by atoms with van der Waals surface area (Å²) in [5, 5.41) is 14.3. The molecule has 1 heterocycles. The first-order valence-corrected chi connectivity index (χ1v) is 8.81. The summed E-state index contributed by atoms with van der Waals surface area (Å²) < 4.78 is 5.81. The highest BCUT2D eigenvalue weighted by molar-refractivity contribution is 4.93. The van der Waals surface area contributed by atoms with Gasteiger partial charge in [-0.05, 0) is 45.6 Å². The van der Waals surface area contributed by atoms with Crippen molar-refractivity contribution in [3.63, 3.8) is 0 Å². The summed E-state index contributed by atoms with van der Waals surface area (Å²) in [5.41, 5.74) is -0.195. The lowest BCUT2D eigenvalue weighted by atomic mass is 9.81. The van der Waals surface area contributed by atoms with E-state index in [-0.39, 0.29) is 5.41 Å². The Bertz CT molecular complexity index is 332. The van der Waals surface area contributed by atoms with E-state index in [4.69, 9.17) is 4.74 Å². The predicted octanol–water partition coefficient (Wildman–Crippen LogP) is 1.77. The molecular weight excluding hydrogens is 264 g/mol. The Balaban J connectivity index is 1.54. The number of nitrogens with one attached hydrogen (secondary N) is 1. The van der Waals surface area contributed by atoms with Gasteiger partial charge in [0.2, 0.25) is 0 Å². The molecule has 1 atom stereocenters. The van der Waals surface area contributed by atoms with Gasteiger partial charge < -0.3 is 20.1 Å². The van der Waals surface area contributed by atoms with Crippen LogP contribution in [0.2, 0.25) is 0 Å². The van der Waals surface area contributed by atoms with Crippen LogP contribution in [-0.4, -0.2) is 61.5 Å². The number of hydrogen-bond acceptors (Lipinski definition) is 4. The van der Waals surface area contributed by atoms with Gasteiger partial charge in [0.25, 0.3) is 0 Å². The molecule has 0 bridgehead atoms. The minimum Gasteiger partial charge on any atom is -0.389 e. The maximum absolute atomic E-state index is 10.6. The first kappa shape index (κ1) is 15.7. The molecule has 1 saturated heterocycles. The molecule has 3 fully saturated rings. The third-order valence-electron chi connectivity index (χ3n) is 5.45. The lowest BCUT2D eigenvalue weighted by Gasteiger charge is -2.41. The molecule has 0 aromatic carbocycles. The van der Waals surface area contributed by atoms with Crippen molar-refractivity contribution in [3.05, 3.63) is 0 Å². The maximum Gasteiger partial charge on any atom is 0.0774 e. The van der Waals surface area contributed by atoms with Crippen LogP contribution in [0.4, 0.5) is 0 Å². The molecule has 122 valence electrons. The second-order valence-electron chi connectivity index (χ2n) is 7.92. The summed E-state index contributed by atoms with van der Waals surface area (Å²) in [6, 6.07) is 0.758. The zero-order valence-electron chi connectivity index (χ0n) is 13.6. The molecule has 0 spiro atoms. The number of hydrogen-bond donors (Lipinski definition) is 2. The highest BCUT2D eigenvalue weighted by atomic mass is 16.5. The van der Waals surface area contributed by atoms with Crippen molar-refractivity contribution in [2.75, 3.05) is 39.9 Å². The molecule has 0 aromatic rings. The zero-order valence-corrected chi connectivity index (χ0v) is 13.6. The smallest absolute Gasteiger partial charge is 0.0774 e. The molecule has 4 nitrogen and oxygen atoms in total. The third-order valence-corrected chi connectivity index (χ3v) is 5.45. The second-order valence-corrected chi connectivity index (χ2v) is 7.92. The van der Waals surface area contributed by atoms with Crippen molar-refractivity contribution in [1.82, 2.24) is 10.2 Å². The van der Waals surface area contributed by atoms with Crippen LogP contribution in [0.25, 0.3) is 0 Å². The normalized spacial score (nSPS) is 32.7. The van der Waals surface area contributed by atoms with Crippen LogP contribution in [0.1, 0.15) is 51.4 Å². The molecule has 1 unspecified atom stereocenters. The molecule has 0 aromatic heterocycles. The fourth-order valence-corrected chi connectivity index (χ4v) is 4.20. The van der Waals surface area contributed by atoms with Crippen LogP contribution in [0.5, 0.6) is 0 Å². The second kappa shape index (κ2) is 6.53. The van der Waals surface area contributed by atoms with Gasteiger partial charge in [0.1, 0.15) is 0 Å². The molecular formula is C17H32N2O2. The molecule has 3 rings (SSSR count). The van der Waals surface area contributed by atoms with Gasteiger partial charge in [0.15, 0.2) is 0 Å². The topological polar surface area (TPSA) is 44.7 Å². The minimum absolute atomic E-state index is 0.241. The third kappa shape index (κ3) is 4.41. The Morgan fingerprint density at radius 2 is 1.90 bits per heavy atom. The van der Waals surface area contributed by atoms with Crippen molar-refractivity contribution < 1.29 is 9.84 Å². The number of aliphatic hydroxyl groups is 1. The van der Waals surface area contributed by atoms with E-state index in [9.17, 15) is 5.11 Å². The van der Waals surface area contributed by atoms with E-state index >= 15 is 0 Å². The molecule has 1 aliphatic heterocycles. The molecule has 2 aliphatic carbocycles. The van der Waals surface area contributed by atoms with Gasteiger partial charge in [0.05, 0.1) is 12.2 Å². The molecule has 2 saturated carbocycles. The molecule has 3 aliphatic rings. The quantitative estimate of drug-likeness (QED) is 0.751. The van der Waals surface area contributed by atoms with Crippen molar-refractivity contribution >= 4 is 0 Å².